The van der Waals surface area contributed by atoms with Gasteiger partial charge in [-0.05, 0) is 12.0 Å². The Morgan fingerprint density at radius 3 is 2.35 bits per heavy atom. The number of hydrogen-bond acceptors (Lipinski definition) is 7. The molecule has 0 radical (unpaired) electrons. The average molecular weight is 426 g/mol. The van der Waals surface area contributed by atoms with Crippen molar-refractivity contribution in [2.24, 2.45) is 19.1 Å². The van der Waals surface area contributed by atoms with Crippen molar-refractivity contribution in [3.63, 3.8) is 0 Å². The smallest absolute Gasteiger partial charge is 0.277 e. The Hall–Kier alpha value is -3.95. The number of aromatic nitrogens is 3. The lowest BCUT2D eigenvalue weighted by molar-refractivity contribution is 0.0818. The van der Waals surface area contributed by atoms with E-state index >= 15 is 0 Å². The summed E-state index contributed by atoms with van der Waals surface area (Å²) < 4.78 is 2.44. The first-order valence-electron chi connectivity index (χ1n) is 9.65. The fourth-order valence-electron chi connectivity index (χ4n) is 3.11. The van der Waals surface area contributed by atoms with Crippen LogP contribution in [0.15, 0.2) is 35.3 Å². The third kappa shape index (κ3) is 3.91. The lowest BCUT2D eigenvalue weighted by Gasteiger charge is -2.09. The zero-order valence-electron chi connectivity index (χ0n) is 18.1. The number of carbonyl (C=O) groups is 1. The lowest BCUT2D eigenvalue weighted by atomic mass is 10.1. The molecule has 0 aliphatic heterocycles. The molecule has 1 aromatic carbocycles. The summed E-state index contributed by atoms with van der Waals surface area (Å²) in [6.45, 7) is 1.94. The molecule has 2 aromatic heterocycles. The van der Waals surface area contributed by atoms with Crippen LogP contribution in [0.4, 0.5) is 17.2 Å². The van der Waals surface area contributed by atoms with E-state index in [1.165, 1.54) is 21.2 Å². The van der Waals surface area contributed by atoms with Crippen molar-refractivity contribution in [3.05, 3.63) is 41.6 Å². The molecule has 0 bridgehead atoms. The highest BCUT2D eigenvalue weighted by molar-refractivity contribution is 6.03. The summed E-state index contributed by atoms with van der Waals surface area (Å²) in [7, 11) is 6.12. The highest BCUT2D eigenvalue weighted by Gasteiger charge is 2.27. The number of nitrogens with zero attached hydrogens (tertiary/aromatic N) is 5. The zero-order chi connectivity index (χ0) is 22.9. The van der Waals surface area contributed by atoms with Crippen molar-refractivity contribution < 1.29 is 20.1 Å². The fraction of sp³-hybridized carbons (Fsp3) is 0.286. The highest BCUT2D eigenvalue weighted by Crippen LogP contribution is 2.47. The number of aryl methyl sites for hydroxylation is 1. The summed E-state index contributed by atoms with van der Waals surface area (Å²) in [5, 5.41) is 38.7. The summed E-state index contributed by atoms with van der Waals surface area (Å²) in [4.78, 5) is 18.1. The molecule has 0 saturated carbocycles. The van der Waals surface area contributed by atoms with Crippen molar-refractivity contribution in [1.29, 1.82) is 0 Å². The molecule has 31 heavy (non-hydrogen) atoms. The average Bonchev–Trinajstić information content (AvgIpc) is 3.15. The number of hydrogen-bond donors (Lipinski definition) is 4. The van der Waals surface area contributed by atoms with E-state index < -0.39 is 5.91 Å². The Bertz CT molecular complexity index is 1140. The highest BCUT2D eigenvalue weighted by atomic mass is 16.3. The topological polar surface area (TPSA) is 128 Å². The van der Waals surface area contributed by atoms with Crippen LogP contribution in [0.3, 0.4) is 0 Å². The number of aliphatic imine (C=N–C) groups is 1. The van der Waals surface area contributed by atoms with Gasteiger partial charge in [0.25, 0.3) is 5.91 Å². The van der Waals surface area contributed by atoms with Gasteiger partial charge in [0.15, 0.2) is 22.9 Å². The summed E-state index contributed by atoms with van der Waals surface area (Å²) in [5.74, 6) is -1.33. The van der Waals surface area contributed by atoms with Gasteiger partial charge in [-0.25, -0.2) is 9.67 Å². The molecule has 164 valence electrons. The third-order valence-electron chi connectivity index (χ3n) is 4.87. The van der Waals surface area contributed by atoms with E-state index in [9.17, 15) is 20.1 Å². The van der Waals surface area contributed by atoms with Crippen LogP contribution in [0.25, 0.3) is 0 Å². The van der Waals surface area contributed by atoms with E-state index in [0.717, 1.165) is 5.56 Å². The van der Waals surface area contributed by atoms with Crippen molar-refractivity contribution in [2.75, 3.05) is 19.4 Å². The van der Waals surface area contributed by atoms with Crippen molar-refractivity contribution in [2.45, 2.75) is 13.3 Å². The Morgan fingerprint density at radius 1 is 1.13 bits per heavy atom. The minimum Gasteiger partial charge on any atom is -0.503 e. The molecule has 0 atom stereocenters. The molecule has 3 rings (SSSR count). The summed E-state index contributed by atoms with van der Waals surface area (Å²) in [6, 6.07) is 9.48. The third-order valence-corrected chi connectivity index (χ3v) is 4.87. The maximum Gasteiger partial charge on any atom is 0.277 e. The monoisotopic (exact) mass is 426 g/mol. The van der Waals surface area contributed by atoms with Crippen LogP contribution in [-0.2, 0) is 14.1 Å². The number of carbonyl (C=O) groups excluding carboxylic acids is 1. The van der Waals surface area contributed by atoms with Crippen LogP contribution >= 0.6 is 0 Å². The predicted octanol–water partition coefficient (Wildman–Crippen LogP) is 2.85. The van der Waals surface area contributed by atoms with E-state index in [1.54, 1.807) is 21.1 Å². The molecular formula is C21H26N6O4. The fourth-order valence-corrected chi connectivity index (χ4v) is 3.11. The van der Waals surface area contributed by atoms with Gasteiger partial charge in [0.2, 0.25) is 11.8 Å². The van der Waals surface area contributed by atoms with Crippen LogP contribution < -0.4 is 5.32 Å². The van der Waals surface area contributed by atoms with Crippen LogP contribution in [-0.4, -0.2) is 60.3 Å². The largest absolute Gasteiger partial charge is 0.503 e. The molecule has 0 spiro atoms. The Kier molecular flexibility index (Phi) is 5.91. The molecule has 2 heterocycles. The van der Waals surface area contributed by atoms with Gasteiger partial charge in [0, 0.05) is 33.9 Å². The molecule has 3 aromatic rings. The van der Waals surface area contributed by atoms with Crippen molar-refractivity contribution >= 4 is 28.8 Å². The summed E-state index contributed by atoms with van der Waals surface area (Å²) in [5.41, 5.74) is 1.60. The van der Waals surface area contributed by atoms with E-state index in [1.807, 2.05) is 37.3 Å². The SMILES string of the molecule is CCC(=Nc1c(Nc2c(O)c(C(=O)N(C)C)nn2C)c(O)n(C)c1O)c1ccccc1. The number of nitrogens with one attached hydrogen (secondary N) is 1. The maximum absolute atomic E-state index is 12.3. The molecule has 0 fully saturated rings. The van der Waals surface area contributed by atoms with Crippen LogP contribution in [0.2, 0.25) is 0 Å². The van der Waals surface area contributed by atoms with Crippen molar-refractivity contribution in [1.82, 2.24) is 19.2 Å². The molecule has 1 amide bonds. The molecule has 10 nitrogen and oxygen atoms in total. The van der Waals surface area contributed by atoms with Gasteiger partial charge in [-0.2, -0.15) is 5.10 Å². The Morgan fingerprint density at radius 2 is 1.77 bits per heavy atom. The number of amides is 1. The van der Waals surface area contributed by atoms with Gasteiger partial charge >= 0.3 is 0 Å². The first-order valence-corrected chi connectivity index (χ1v) is 9.65. The maximum atomic E-state index is 12.3. The molecule has 10 heteroatoms. The van der Waals surface area contributed by atoms with Gasteiger partial charge in [-0.1, -0.05) is 37.3 Å². The normalized spacial score (nSPS) is 11.6. The molecule has 4 N–H and O–H groups in total. The summed E-state index contributed by atoms with van der Waals surface area (Å²) in [6.07, 6.45) is 0.580. The second-order valence-electron chi connectivity index (χ2n) is 7.20. The number of anilines is 2. The number of aromatic hydroxyl groups is 3. The summed E-state index contributed by atoms with van der Waals surface area (Å²) >= 11 is 0. The van der Waals surface area contributed by atoms with Gasteiger partial charge in [0.05, 0.1) is 0 Å². The minimum atomic E-state index is -0.475. The Labute approximate surface area is 179 Å². The van der Waals surface area contributed by atoms with E-state index in [4.69, 9.17) is 0 Å². The quantitative estimate of drug-likeness (QED) is 0.449. The number of rotatable bonds is 6. The van der Waals surface area contributed by atoms with Gasteiger partial charge in [-0.15, -0.1) is 0 Å². The standard InChI is InChI=1S/C21H26N6O4/c1-6-13(12-10-8-7-9-11-12)22-14-15(21(31)26(4)20(14)30)23-18-17(28)16(24-27(18)5)19(29)25(2)3/h7-11,23,28,30-31H,6H2,1-5H3. The van der Waals surface area contributed by atoms with E-state index in [-0.39, 0.29) is 40.4 Å². The first-order chi connectivity index (χ1) is 14.7. The second-order valence-corrected chi connectivity index (χ2v) is 7.20. The minimum absolute atomic E-state index is 0.0697. The second kappa shape index (κ2) is 8.42. The molecule has 0 aliphatic carbocycles. The van der Waals surface area contributed by atoms with Crippen LogP contribution in [0.5, 0.6) is 17.5 Å². The molecule has 0 unspecified atom stereocenters. The molecule has 0 saturated heterocycles. The molecule has 0 aliphatic rings. The van der Waals surface area contributed by atoms with E-state index in [2.05, 4.69) is 15.4 Å². The zero-order valence-corrected chi connectivity index (χ0v) is 18.1. The number of benzene rings is 1. The first kappa shape index (κ1) is 21.8. The molecular weight excluding hydrogens is 400 g/mol. The van der Waals surface area contributed by atoms with Crippen LogP contribution in [0, 0.1) is 0 Å². The van der Waals surface area contributed by atoms with Crippen LogP contribution in [0.1, 0.15) is 29.4 Å². The van der Waals surface area contributed by atoms with Gasteiger partial charge in [0.1, 0.15) is 5.69 Å². The van der Waals surface area contributed by atoms with Crippen molar-refractivity contribution in [3.8, 4) is 17.5 Å². The Balaban J connectivity index is 2.12. The van der Waals surface area contributed by atoms with Gasteiger partial charge < -0.3 is 25.5 Å². The van der Waals surface area contributed by atoms with Gasteiger partial charge in [-0.3, -0.25) is 9.36 Å². The predicted molar refractivity (Wildman–Crippen MR) is 118 cm³/mol. The lowest BCUT2D eigenvalue weighted by Crippen LogP contribution is -2.22. The van der Waals surface area contributed by atoms with E-state index in [0.29, 0.717) is 12.1 Å².